The van der Waals surface area contributed by atoms with E-state index in [-0.39, 0.29) is 37.3 Å². The number of hydrogen-bond donors (Lipinski definition) is 4. The van der Waals surface area contributed by atoms with Crippen LogP contribution in [0.25, 0.3) is 0 Å². The van der Waals surface area contributed by atoms with Gasteiger partial charge in [0.05, 0.1) is 31.6 Å². The fourth-order valence-corrected chi connectivity index (χ4v) is 5.46. The van der Waals surface area contributed by atoms with Gasteiger partial charge < -0.3 is 19.7 Å². The van der Waals surface area contributed by atoms with Gasteiger partial charge in [0.15, 0.2) is 0 Å². The van der Waals surface area contributed by atoms with Crippen LogP contribution >= 0.6 is 0 Å². The molecular formula is C22H41N5O2. The minimum absolute atomic E-state index is 0.00709. The second-order valence-corrected chi connectivity index (χ2v) is 9.17. The van der Waals surface area contributed by atoms with Crippen LogP contribution in [0.15, 0.2) is 11.6 Å². The molecule has 1 saturated carbocycles. The van der Waals surface area contributed by atoms with Crippen molar-refractivity contribution in [3.8, 4) is 0 Å². The Morgan fingerprint density at radius 2 is 2.14 bits per heavy atom. The van der Waals surface area contributed by atoms with Gasteiger partial charge in [-0.2, -0.15) is 0 Å². The highest BCUT2D eigenvalue weighted by molar-refractivity contribution is 5.15. The highest BCUT2D eigenvalue weighted by Gasteiger charge is 2.43. The van der Waals surface area contributed by atoms with E-state index in [2.05, 4.69) is 46.2 Å². The quantitative estimate of drug-likeness (QED) is 0.504. The molecule has 0 bridgehead atoms. The van der Waals surface area contributed by atoms with Crippen molar-refractivity contribution in [1.29, 1.82) is 0 Å². The number of ether oxygens (including phenoxy) is 2. The molecule has 3 heterocycles. The molecule has 0 spiro atoms. The summed E-state index contributed by atoms with van der Waals surface area (Å²) < 4.78 is 34.8. The van der Waals surface area contributed by atoms with Crippen molar-refractivity contribution in [2.24, 2.45) is 5.92 Å². The van der Waals surface area contributed by atoms with E-state index in [1.54, 1.807) is 0 Å². The molecule has 0 aromatic rings. The first-order chi connectivity index (χ1) is 15.3. The summed E-state index contributed by atoms with van der Waals surface area (Å²) in [6.45, 7) is 3.67. The molecule has 2 saturated heterocycles. The lowest BCUT2D eigenvalue weighted by Crippen LogP contribution is -2.69. The van der Waals surface area contributed by atoms with Gasteiger partial charge in [0.1, 0.15) is 6.29 Å². The second kappa shape index (κ2) is 10.2. The van der Waals surface area contributed by atoms with Crippen molar-refractivity contribution in [3.63, 3.8) is 0 Å². The van der Waals surface area contributed by atoms with E-state index < -0.39 is 6.85 Å². The molecule has 0 amide bonds. The largest absolute Gasteiger partial charge is 0.373 e. The Morgan fingerprint density at radius 1 is 1.24 bits per heavy atom. The third kappa shape index (κ3) is 5.58. The van der Waals surface area contributed by atoms with E-state index in [1.807, 2.05) is 0 Å². The molecule has 0 radical (unpaired) electrons. The van der Waals surface area contributed by atoms with Crippen LogP contribution in [0.3, 0.4) is 0 Å². The molecule has 166 valence electrons. The highest BCUT2D eigenvalue weighted by Crippen LogP contribution is 2.38. The molecule has 7 nitrogen and oxygen atoms in total. The van der Waals surface area contributed by atoms with Gasteiger partial charge in [-0.1, -0.05) is 18.5 Å². The third-order valence-electron chi connectivity index (χ3n) is 6.85. The fraction of sp³-hybridized carbons (Fsp3) is 0.909. The fourth-order valence-electron chi connectivity index (χ4n) is 5.46. The van der Waals surface area contributed by atoms with Gasteiger partial charge in [0.2, 0.25) is 0 Å². The molecule has 7 heteroatoms. The number of nitrogens with one attached hydrogen (secondary N) is 4. The zero-order valence-corrected chi connectivity index (χ0v) is 18.0. The molecule has 4 rings (SSSR count). The minimum atomic E-state index is -1.97. The normalized spacial score (nSPS) is 44.0. The molecule has 0 aromatic carbocycles. The summed E-state index contributed by atoms with van der Waals surface area (Å²) in [5.41, 5.74) is 1.52. The number of rotatable bonds is 5. The summed E-state index contributed by atoms with van der Waals surface area (Å²) in [5.74, 6) is 0.378. The second-order valence-electron chi connectivity index (χ2n) is 9.17. The first-order valence-electron chi connectivity index (χ1n) is 12.9. The standard InChI is InChI=1S/C22H41N5O2/c1-4-23-20-12-15(2)24-22(26-20)25-17-13-18(16-6-5-8-27(3)9-7-16)21-19(14-17)28-10-11-29-21/h7,15,17-26H,4-6,8-14H2,1-3H3/i1D3. The maximum atomic E-state index is 7.47. The van der Waals surface area contributed by atoms with Gasteiger partial charge in [-0.15, -0.1) is 0 Å². The summed E-state index contributed by atoms with van der Waals surface area (Å²) in [6, 6.07) is 0.577. The zero-order valence-electron chi connectivity index (χ0n) is 21.0. The van der Waals surface area contributed by atoms with Crippen LogP contribution in [-0.4, -0.2) is 81.5 Å². The number of likely N-dealkylation sites (N-methyl/N-ethyl adjacent to an activating group) is 1. The summed E-state index contributed by atoms with van der Waals surface area (Å²) in [5, 5.41) is 14.0. The summed E-state index contributed by atoms with van der Waals surface area (Å²) in [4.78, 5) is 2.38. The predicted molar refractivity (Wildman–Crippen MR) is 116 cm³/mol. The maximum Gasteiger partial charge on any atom is 0.113 e. The van der Waals surface area contributed by atoms with Crippen molar-refractivity contribution in [2.75, 3.05) is 39.9 Å². The van der Waals surface area contributed by atoms with Crippen LogP contribution in [0.1, 0.15) is 50.0 Å². The van der Waals surface area contributed by atoms with Crippen molar-refractivity contribution in [2.45, 2.75) is 82.6 Å². The van der Waals surface area contributed by atoms with Crippen LogP contribution in [0, 0.1) is 5.92 Å². The van der Waals surface area contributed by atoms with Crippen molar-refractivity contribution in [1.82, 2.24) is 26.2 Å². The average molecular weight is 411 g/mol. The van der Waals surface area contributed by atoms with Crippen molar-refractivity contribution < 1.29 is 13.6 Å². The number of hydrogen-bond acceptors (Lipinski definition) is 7. The topological polar surface area (TPSA) is 69.8 Å². The van der Waals surface area contributed by atoms with Gasteiger partial charge in [-0.25, -0.2) is 0 Å². The first kappa shape index (κ1) is 18.1. The van der Waals surface area contributed by atoms with Crippen LogP contribution in [-0.2, 0) is 9.47 Å². The molecule has 3 fully saturated rings. The monoisotopic (exact) mass is 410 g/mol. The Morgan fingerprint density at radius 3 is 3.03 bits per heavy atom. The smallest absolute Gasteiger partial charge is 0.113 e. The van der Waals surface area contributed by atoms with Crippen LogP contribution in [0.2, 0.25) is 0 Å². The molecule has 4 aliphatic rings. The molecule has 29 heavy (non-hydrogen) atoms. The Hall–Kier alpha value is -0.540. The van der Waals surface area contributed by atoms with E-state index in [4.69, 9.17) is 13.6 Å². The Balaban J connectivity index is 1.40. The van der Waals surface area contributed by atoms with Crippen LogP contribution < -0.4 is 21.3 Å². The molecule has 7 unspecified atom stereocenters. The van der Waals surface area contributed by atoms with Crippen molar-refractivity contribution >= 4 is 0 Å². The van der Waals surface area contributed by atoms with Crippen LogP contribution in [0.4, 0.5) is 0 Å². The Labute approximate surface area is 180 Å². The predicted octanol–water partition coefficient (Wildman–Crippen LogP) is 0.981. The average Bonchev–Trinajstić information content (AvgIpc) is 2.95. The van der Waals surface area contributed by atoms with Crippen LogP contribution in [0.5, 0.6) is 0 Å². The molecule has 7 atom stereocenters. The minimum Gasteiger partial charge on any atom is -0.373 e. The molecular weight excluding hydrogens is 366 g/mol. The first-order valence-corrected chi connectivity index (χ1v) is 11.4. The van der Waals surface area contributed by atoms with Gasteiger partial charge in [-0.05, 0) is 59.2 Å². The van der Waals surface area contributed by atoms with Crippen molar-refractivity contribution in [3.05, 3.63) is 11.6 Å². The summed E-state index contributed by atoms with van der Waals surface area (Å²) in [6.07, 6.45) is 7.69. The summed E-state index contributed by atoms with van der Waals surface area (Å²) >= 11 is 0. The van der Waals surface area contributed by atoms with Gasteiger partial charge in [0, 0.05) is 28.7 Å². The highest BCUT2D eigenvalue weighted by atomic mass is 16.6. The molecule has 0 aromatic heterocycles. The van der Waals surface area contributed by atoms with Gasteiger partial charge in [-0.3, -0.25) is 16.0 Å². The lowest BCUT2D eigenvalue weighted by molar-refractivity contribution is -0.173. The number of fused-ring (bicyclic) bond motifs is 1. The Kier molecular flexibility index (Phi) is 6.34. The third-order valence-corrected chi connectivity index (χ3v) is 6.85. The van der Waals surface area contributed by atoms with Gasteiger partial charge in [0.25, 0.3) is 0 Å². The lowest BCUT2D eigenvalue weighted by Gasteiger charge is -2.47. The molecule has 1 aliphatic carbocycles. The lowest BCUT2D eigenvalue weighted by atomic mass is 9.75. The van der Waals surface area contributed by atoms with E-state index >= 15 is 0 Å². The van der Waals surface area contributed by atoms with Gasteiger partial charge >= 0.3 is 0 Å². The van der Waals surface area contributed by atoms with E-state index in [0.717, 1.165) is 38.8 Å². The van der Waals surface area contributed by atoms with E-state index in [9.17, 15) is 0 Å². The molecule has 3 aliphatic heterocycles. The molecule has 4 N–H and O–H groups in total. The zero-order chi connectivity index (χ0) is 22.7. The maximum absolute atomic E-state index is 7.47. The number of nitrogens with zero attached hydrogens (tertiary/aromatic N) is 1. The SMILES string of the molecule is [2H]C([2H])([2H])CNC1CC(C)NC(NC2CC3OCCOC3C(C3=CCN(C)CCC3)C2)N1. The summed E-state index contributed by atoms with van der Waals surface area (Å²) in [7, 11) is 2.19. The Bertz CT molecular complexity index is 650. The van der Waals surface area contributed by atoms with E-state index in [0.29, 0.717) is 25.2 Å². The van der Waals surface area contributed by atoms with E-state index in [1.165, 1.54) is 12.0 Å².